The zero-order chi connectivity index (χ0) is 13.8. The topological polar surface area (TPSA) is 92.5 Å². The molecule has 0 aliphatic heterocycles. The molecule has 3 aromatic rings. The molecule has 0 radical (unpaired) electrons. The average Bonchev–Trinajstić information content (AvgIpc) is 3.09. The Morgan fingerprint density at radius 2 is 2.25 bits per heavy atom. The van der Waals surface area contributed by atoms with Crippen LogP contribution in [0.25, 0.3) is 11.3 Å². The summed E-state index contributed by atoms with van der Waals surface area (Å²) in [4.78, 5) is 8.25. The number of hydrogen-bond acceptors (Lipinski definition) is 6. The number of aromatic amines is 1. The number of aryl methyl sites for hydroxylation is 1. The lowest BCUT2D eigenvalue weighted by molar-refractivity contribution is 0.385. The van der Waals surface area contributed by atoms with Gasteiger partial charge in [-0.1, -0.05) is 5.16 Å². The van der Waals surface area contributed by atoms with Crippen molar-refractivity contribution in [2.45, 2.75) is 20.0 Å². The van der Waals surface area contributed by atoms with Gasteiger partial charge in [0.05, 0.1) is 18.4 Å². The summed E-state index contributed by atoms with van der Waals surface area (Å²) in [5.74, 6) is 1.22. The monoisotopic (exact) mass is 270 g/mol. The molecule has 0 spiro atoms. The summed E-state index contributed by atoms with van der Waals surface area (Å²) in [6.45, 7) is 2.98. The normalized spacial score (nSPS) is 10.8. The molecule has 0 saturated carbocycles. The molecule has 3 heterocycles. The first-order valence-corrected chi connectivity index (χ1v) is 6.25. The van der Waals surface area contributed by atoms with Crippen LogP contribution in [0.3, 0.4) is 0 Å². The highest BCUT2D eigenvalue weighted by Crippen LogP contribution is 2.19. The molecule has 7 heteroatoms. The van der Waals surface area contributed by atoms with Gasteiger partial charge in [-0.3, -0.25) is 10.1 Å². The number of rotatable bonds is 5. The number of hydrogen-bond donors (Lipinski definition) is 2. The van der Waals surface area contributed by atoms with Gasteiger partial charge in [0.25, 0.3) is 0 Å². The zero-order valence-corrected chi connectivity index (χ0v) is 11.0. The predicted octanol–water partition coefficient (Wildman–Crippen LogP) is 1.45. The van der Waals surface area contributed by atoms with Crippen LogP contribution in [0.1, 0.15) is 17.3 Å². The third-order valence-corrected chi connectivity index (χ3v) is 2.84. The maximum Gasteiger partial charge on any atom is 0.223 e. The van der Waals surface area contributed by atoms with E-state index in [0.717, 1.165) is 16.8 Å². The van der Waals surface area contributed by atoms with E-state index in [9.17, 15) is 0 Å². The van der Waals surface area contributed by atoms with Gasteiger partial charge in [0.15, 0.2) is 5.82 Å². The van der Waals surface area contributed by atoms with E-state index in [1.807, 2.05) is 12.1 Å². The van der Waals surface area contributed by atoms with Crippen LogP contribution >= 0.6 is 0 Å². The third-order valence-electron chi connectivity index (χ3n) is 2.84. The number of aromatic nitrogens is 5. The second-order valence-corrected chi connectivity index (χ2v) is 4.35. The van der Waals surface area contributed by atoms with E-state index in [1.165, 1.54) is 0 Å². The van der Waals surface area contributed by atoms with Crippen molar-refractivity contribution < 1.29 is 4.52 Å². The molecule has 20 heavy (non-hydrogen) atoms. The van der Waals surface area contributed by atoms with Gasteiger partial charge in [-0.2, -0.15) is 10.1 Å². The van der Waals surface area contributed by atoms with Gasteiger partial charge in [0.2, 0.25) is 5.89 Å². The van der Waals surface area contributed by atoms with Crippen molar-refractivity contribution in [2.24, 2.45) is 0 Å². The first-order valence-electron chi connectivity index (χ1n) is 6.25. The Kier molecular flexibility index (Phi) is 3.51. The number of nitrogens with zero attached hydrogens (tertiary/aromatic N) is 4. The minimum Gasteiger partial charge on any atom is -0.340 e. The quantitative estimate of drug-likeness (QED) is 0.729. The van der Waals surface area contributed by atoms with Crippen molar-refractivity contribution in [3.63, 3.8) is 0 Å². The Morgan fingerprint density at radius 1 is 1.30 bits per heavy atom. The van der Waals surface area contributed by atoms with Crippen LogP contribution in [0.4, 0.5) is 0 Å². The molecule has 3 rings (SSSR count). The van der Waals surface area contributed by atoms with Crippen molar-refractivity contribution in [3.05, 3.63) is 48.0 Å². The van der Waals surface area contributed by atoms with Gasteiger partial charge in [-0.05, 0) is 12.1 Å². The highest BCUT2D eigenvalue weighted by molar-refractivity contribution is 5.61. The van der Waals surface area contributed by atoms with Crippen molar-refractivity contribution in [2.75, 3.05) is 0 Å². The van der Waals surface area contributed by atoms with Gasteiger partial charge in [0, 0.05) is 37.0 Å². The minimum atomic E-state index is 0.551. The fourth-order valence-corrected chi connectivity index (χ4v) is 1.93. The van der Waals surface area contributed by atoms with E-state index >= 15 is 0 Å². The second kappa shape index (κ2) is 5.62. The van der Waals surface area contributed by atoms with Crippen molar-refractivity contribution in [3.8, 4) is 11.3 Å². The average molecular weight is 270 g/mol. The zero-order valence-electron chi connectivity index (χ0n) is 11.0. The molecule has 7 nitrogen and oxygen atoms in total. The van der Waals surface area contributed by atoms with Crippen LogP contribution in [0.15, 0.2) is 35.2 Å². The van der Waals surface area contributed by atoms with E-state index in [0.29, 0.717) is 24.8 Å². The molecule has 0 fully saturated rings. The van der Waals surface area contributed by atoms with Gasteiger partial charge in [0.1, 0.15) is 0 Å². The molecule has 0 bridgehead atoms. The molecular weight excluding hydrogens is 256 g/mol. The smallest absolute Gasteiger partial charge is 0.223 e. The highest BCUT2D eigenvalue weighted by Gasteiger charge is 2.08. The molecule has 0 atom stereocenters. The fraction of sp³-hybridized carbons (Fsp3) is 0.231. The Bertz CT molecular complexity index is 675. The lowest BCUT2D eigenvalue weighted by Crippen LogP contribution is -2.13. The first kappa shape index (κ1) is 12.5. The lowest BCUT2D eigenvalue weighted by Gasteiger charge is -2.03. The number of pyridine rings is 1. The van der Waals surface area contributed by atoms with E-state index in [4.69, 9.17) is 4.52 Å². The maximum absolute atomic E-state index is 4.92. The summed E-state index contributed by atoms with van der Waals surface area (Å²) >= 11 is 0. The molecule has 0 saturated heterocycles. The van der Waals surface area contributed by atoms with Crippen LogP contribution < -0.4 is 5.32 Å². The third kappa shape index (κ3) is 2.72. The van der Waals surface area contributed by atoms with Crippen molar-refractivity contribution in [1.82, 2.24) is 30.6 Å². The molecule has 3 aromatic heterocycles. The van der Waals surface area contributed by atoms with Crippen LogP contribution in [-0.2, 0) is 13.1 Å². The second-order valence-electron chi connectivity index (χ2n) is 4.35. The summed E-state index contributed by atoms with van der Waals surface area (Å²) in [6.07, 6.45) is 5.35. The SMILES string of the molecule is Cc1nc(CNCc2cn[nH]c2-c2cccnc2)no1. The Labute approximate surface area is 115 Å². The first-order chi connectivity index (χ1) is 9.83. The van der Waals surface area contributed by atoms with Gasteiger partial charge < -0.3 is 9.84 Å². The summed E-state index contributed by atoms with van der Waals surface area (Å²) < 4.78 is 4.92. The van der Waals surface area contributed by atoms with Crippen LogP contribution in [0, 0.1) is 6.92 Å². The van der Waals surface area contributed by atoms with E-state index in [1.54, 1.807) is 25.5 Å². The standard InChI is InChI=1S/C13H14N6O/c1-9-17-12(19-20-9)8-15-6-11-7-16-18-13(11)10-3-2-4-14-5-10/h2-5,7,15H,6,8H2,1H3,(H,16,18). The molecular formula is C13H14N6O. The highest BCUT2D eigenvalue weighted by atomic mass is 16.5. The molecule has 0 aromatic carbocycles. The molecule has 0 unspecified atom stereocenters. The Hall–Kier alpha value is -2.54. The molecule has 0 aliphatic carbocycles. The van der Waals surface area contributed by atoms with Gasteiger partial charge in [-0.15, -0.1) is 0 Å². The Balaban J connectivity index is 1.65. The van der Waals surface area contributed by atoms with Crippen LogP contribution in [-0.4, -0.2) is 25.3 Å². The minimum absolute atomic E-state index is 0.551. The lowest BCUT2D eigenvalue weighted by atomic mass is 10.1. The van der Waals surface area contributed by atoms with Crippen LogP contribution in [0.2, 0.25) is 0 Å². The maximum atomic E-state index is 4.92. The van der Waals surface area contributed by atoms with E-state index in [-0.39, 0.29) is 0 Å². The number of H-pyrrole nitrogens is 1. The van der Waals surface area contributed by atoms with Crippen LogP contribution in [0.5, 0.6) is 0 Å². The number of nitrogens with one attached hydrogen (secondary N) is 2. The van der Waals surface area contributed by atoms with Gasteiger partial charge >= 0.3 is 0 Å². The summed E-state index contributed by atoms with van der Waals surface area (Å²) in [5, 5.41) is 14.2. The van der Waals surface area contributed by atoms with Crippen molar-refractivity contribution in [1.29, 1.82) is 0 Å². The molecule has 102 valence electrons. The van der Waals surface area contributed by atoms with E-state index in [2.05, 4.69) is 30.6 Å². The molecule has 2 N–H and O–H groups in total. The largest absolute Gasteiger partial charge is 0.340 e. The molecule has 0 amide bonds. The Morgan fingerprint density at radius 3 is 3.00 bits per heavy atom. The van der Waals surface area contributed by atoms with Gasteiger partial charge in [-0.25, -0.2) is 0 Å². The summed E-state index contributed by atoms with van der Waals surface area (Å²) in [6, 6.07) is 3.89. The fourth-order valence-electron chi connectivity index (χ4n) is 1.93. The van der Waals surface area contributed by atoms with Crippen molar-refractivity contribution >= 4 is 0 Å². The summed E-state index contributed by atoms with van der Waals surface area (Å²) in [7, 11) is 0. The molecule has 0 aliphatic rings. The predicted molar refractivity (Wildman–Crippen MR) is 71.4 cm³/mol. The summed E-state index contributed by atoms with van der Waals surface area (Å²) in [5.41, 5.74) is 3.05. The van der Waals surface area contributed by atoms with E-state index < -0.39 is 0 Å².